The molecular weight excluding hydrogens is 165 g/mol. The van der Waals surface area contributed by atoms with Crippen molar-refractivity contribution >= 4 is 6.21 Å². The summed E-state index contributed by atoms with van der Waals surface area (Å²) in [4.78, 5) is 0. The molecule has 0 aliphatic carbocycles. The molecule has 0 saturated carbocycles. The second-order valence-electron chi connectivity index (χ2n) is 2.08. The Morgan fingerprint density at radius 3 is 1.77 bits per heavy atom. The molecule has 1 aromatic carbocycles. The van der Waals surface area contributed by atoms with Crippen LogP contribution < -0.4 is 0 Å². The Kier molecular flexibility index (Phi) is 11.5. The van der Waals surface area contributed by atoms with Gasteiger partial charge in [-0.15, -0.1) is 13.2 Å². The largest absolute Gasteiger partial charge is 0.313 e. The molecule has 0 amide bonds. The summed E-state index contributed by atoms with van der Waals surface area (Å²) in [6, 6.07) is 6.40. The third-order valence-electron chi connectivity index (χ3n) is 1.01. The van der Waals surface area contributed by atoms with Gasteiger partial charge in [0.2, 0.25) is 0 Å². The Labute approximate surface area is 79.4 Å². The van der Waals surface area contributed by atoms with Crippen molar-refractivity contribution in [1.29, 1.82) is 5.41 Å². The number of halogens is 1. The predicted octanol–water partition coefficient (Wildman–Crippen LogP) is 3.59. The van der Waals surface area contributed by atoms with Crippen LogP contribution in [0.4, 0.5) is 4.39 Å². The van der Waals surface area contributed by atoms with Crippen LogP contribution in [0.2, 0.25) is 0 Å². The monoisotopic (exact) mass is 181 g/mol. The third kappa shape index (κ3) is 10.6. The van der Waals surface area contributed by atoms with Gasteiger partial charge in [-0.3, -0.25) is 0 Å². The molecule has 0 aliphatic heterocycles. The summed E-state index contributed by atoms with van der Waals surface area (Å²) in [5.74, 6) is -0.171. The minimum Gasteiger partial charge on any atom is -0.313 e. The molecule has 1 N–H and O–H groups in total. The fourth-order valence-corrected chi connectivity index (χ4v) is 0.533. The van der Waals surface area contributed by atoms with Crippen molar-refractivity contribution < 1.29 is 4.39 Å². The number of hydrogen-bond acceptors (Lipinski definition) is 1. The van der Waals surface area contributed by atoms with Gasteiger partial charge in [0, 0.05) is 0 Å². The molecule has 0 fully saturated rings. The molecule has 0 bridgehead atoms. The highest BCUT2D eigenvalue weighted by Crippen LogP contribution is 1.98. The first kappa shape index (κ1) is 14.1. The van der Waals surface area contributed by atoms with E-state index in [1.807, 2.05) is 6.92 Å². The van der Waals surface area contributed by atoms with Gasteiger partial charge in [-0.25, -0.2) is 4.39 Å². The highest BCUT2D eigenvalue weighted by atomic mass is 19.1. The van der Waals surface area contributed by atoms with Gasteiger partial charge >= 0.3 is 0 Å². The zero-order valence-corrected chi connectivity index (χ0v) is 8.18. The maximum absolute atomic E-state index is 12.1. The van der Waals surface area contributed by atoms with E-state index < -0.39 is 0 Å². The molecule has 1 aromatic rings. The van der Waals surface area contributed by atoms with E-state index >= 15 is 0 Å². The van der Waals surface area contributed by atoms with E-state index in [9.17, 15) is 4.39 Å². The van der Waals surface area contributed by atoms with E-state index in [0.717, 1.165) is 5.56 Å². The van der Waals surface area contributed by atoms with E-state index in [2.05, 4.69) is 13.2 Å². The third-order valence-corrected chi connectivity index (χ3v) is 1.01. The summed E-state index contributed by atoms with van der Waals surface area (Å²) in [7, 11) is 0. The molecule has 0 radical (unpaired) electrons. The smallest absolute Gasteiger partial charge is 0.123 e. The molecule has 0 spiro atoms. The topological polar surface area (TPSA) is 23.9 Å². The van der Waals surface area contributed by atoms with E-state index in [0.29, 0.717) is 0 Å². The highest BCUT2D eigenvalue weighted by molar-refractivity contribution is 5.48. The zero-order chi connectivity index (χ0) is 10.7. The van der Waals surface area contributed by atoms with Crippen molar-refractivity contribution in [3.05, 3.63) is 48.8 Å². The van der Waals surface area contributed by atoms with E-state index in [4.69, 9.17) is 5.41 Å². The van der Waals surface area contributed by atoms with Crippen LogP contribution >= 0.6 is 0 Å². The molecule has 0 aliphatic rings. The Morgan fingerprint density at radius 2 is 1.54 bits per heavy atom. The van der Waals surface area contributed by atoms with Crippen LogP contribution in [0.25, 0.3) is 0 Å². The fourth-order valence-electron chi connectivity index (χ4n) is 0.533. The summed E-state index contributed by atoms with van der Waals surface area (Å²) >= 11 is 0. The normalized spacial score (nSPS) is 7.00. The summed E-state index contributed by atoms with van der Waals surface area (Å²) in [6.45, 7) is 9.60. The first-order chi connectivity index (χ1) is 6.20. The Bertz CT molecular complexity index is 195. The van der Waals surface area contributed by atoms with E-state index in [1.54, 1.807) is 19.1 Å². The highest BCUT2D eigenvalue weighted by Gasteiger charge is 1.83. The van der Waals surface area contributed by atoms with Crippen LogP contribution in [0, 0.1) is 18.2 Å². The fraction of sp³-hybridized carbons (Fsp3) is 0.182. The van der Waals surface area contributed by atoms with Gasteiger partial charge in [-0.2, -0.15) is 0 Å². The molecule has 13 heavy (non-hydrogen) atoms. The van der Waals surface area contributed by atoms with Gasteiger partial charge < -0.3 is 5.41 Å². The average Bonchev–Trinajstić information content (AvgIpc) is 2.15. The molecule has 0 atom stereocenters. The molecule has 2 heteroatoms. The molecule has 1 nitrogen and oxygen atoms in total. The van der Waals surface area contributed by atoms with E-state index in [-0.39, 0.29) is 5.82 Å². The standard InChI is InChI=1S/C7H7F.C2H5N.C2H4/c1-6-2-4-7(8)5-3-6;1-2-3;1-2/h2-5H,1H3;2-3H,1H3;1-2H2. The Morgan fingerprint density at radius 1 is 1.23 bits per heavy atom. The van der Waals surface area contributed by atoms with Crippen molar-refractivity contribution in [3.8, 4) is 0 Å². The van der Waals surface area contributed by atoms with E-state index in [1.165, 1.54) is 18.3 Å². The number of rotatable bonds is 0. The Hall–Kier alpha value is -1.44. The number of hydrogen-bond donors (Lipinski definition) is 1. The molecular formula is C11H16FN. The van der Waals surface area contributed by atoms with Gasteiger partial charge in [0.05, 0.1) is 0 Å². The molecule has 0 heterocycles. The first-order valence-electron chi connectivity index (χ1n) is 3.88. The second-order valence-corrected chi connectivity index (χ2v) is 2.08. The summed E-state index contributed by atoms with van der Waals surface area (Å²) in [5, 5.41) is 6.08. The first-order valence-corrected chi connectivity index (χ1v) is 3.88. The Balaban J connectivity index is 0. The second kappa shape index (κ2) is 10.6. The lowest BCUT2D eigenvalue weighted by Crippen LogP contribution is -1.71. The summed E-state index contributed by atoms with van der Waals surface area (Å²) in [6.07, 6.45) is 1.25. The van der Waals surface area contributed by atoms with Gasteiger partial charge in [0.25, 0.3) is 0 Å². The number of aryl methyl sites for hydroxylation is 1. The number of nitrogens with one attached hydrogen (secondary N) is 1. The minimum atomic E-state index is -0.171. The molecule has 0 saturated heterocycles. The van der Waals surface area contributed by atoms with Crippen LogP contribution in [-0.2, 0) is 0 Å². The van der Waals surface area contributed by atoms with Gasteiger partial charge in [-0.1, -0.05) is 17.7 Å². The maximum atomic E-state index is 12.1. The lowest BCUT2D eigenvalue weighted by atomic mass is 10.2. The van der Waals surface area contributed by atoms with Crippen molar-refractivity contribution in [2.45, 2.75) is 13.8 Å². The quantitative estimate of drug-likeness (QED) is 0.467. The molecule has 0 aromatic heterocycles. The summed E-state index contributed by atoms with van der Waals surface area (Å²) < 4.78 is 12.1. The predicted molar refractivity (Wildman–Crippen MR) is 56.8 cm³/mol. The molecule has 0 unspecified atom stereocenters. The molecule has 72 valence electrons. The average molecular weight is 181 g/mol. The SMILES string of the molecule is C=C.CC=N.Cc1ccc(F)cc1. The van der Waals surface area contributed by atoms with Crippen LogP contribution in [0.15, 0.2) is 37.4 Å². The molecule has 1 rings (SSSR count). The van der Waals surface area contributed by atoms with Gasteiger partial charge in [0.1, 0.15) is 5.82 Å². The lowest BCUT2D eigenvalue weighted by molar-refractivity contribution is 0.627. The van der Waals surface area contributed by atoms with Crippen LogP contribution in [0.1, 0.15) is 12.5 Å². The van der Waals surface area contributed by atoms with Crippen LogP contribution in [0.3, 0.4) is 0 Å². The number of benzene rings is 1. The van der Waals surface area contributed by atoms with Crippen LogP contribution in [-0.4, -0.2) is 6.21 Å². The van der Waals surface area contributed by atoms with Crippen molar-refractivity contribution in [2.24, 2.45) is 0 Å². The van der Waals surface area contributed by atoms with Gasteiger partial charge in [-0.05, 0) is 32.2 Å². The zero-order valence-electron chi connectivity index (χ0n) is 8.18. The summed E-state index contributed by atoms with van der Waals surface area (Å²) in [5.41, 5.74) is 1.09. The van der Waals surface area contributed by atoms with Crippen molar-refractivity contribution in [2.75, 3.05) is 0 Å². The minimum absolute atomic E-state index is 0.171. The maximum Gasteiger partial charge on any atom is 0.123 e. The van der Waals surface area contributed by atoms with Crippen molar-refractivity contribution in [1.82, 2.24) is 0 Å². The van der Waals surface area contributed by atoms with Crippen LogP contribution in [0.5, 0.6) is 0 Å². The lowest BCUT2D eigenvalue weighted by Gasteiger charge is -1.87. The van der Waals surface area contributed by atoms with Gasteiger partial charge in [0.15, 0.2) is 0 Å². The van der Waals surface area contributed by atoms with Crippen molar-refractivity contribution in [3.63, 3.8) is 0 Å².